The van der Waals surface area contributed by atoms with Crippen molar-refractivity contribution in [1.82, 2.24) is 15.1 Å². The molecule has 1 aromatic heterocycles. The van der Waals surface area contributed by atoms with Gasteiger partial charge in [-0.2, -0.15) is 0 Å². The van der Waals surface area contributed by atoms with Gasteiger partial charge in [-0.15, -0.1) is 5.10 Å². The first-order valence-corrected chi connectivity index (χ1v) is 3.65. The molecule has 0 atom stereocenters. The zero-order chi connectivity index (χ0) is 8.27. The van der Waals surface area contributed by atoms with Crippen molar-refractivity contribution in [3.05, 3.63) is 10.6 Å². The van der Waals surface area contributed by atoms with E-state index in [0.717, 1.165) is 11.5 Å². The Hall–Kier alpha value is -1.01. The molecule has 0 aliphatic heterocycles. The van der Waals surface area contributed by atoms with Crippen molar-refractivity contribution in [3.8, 4) is 0 Å². The maximum atomic E-state index is 11.0. The van der Waals surface area contributed by atoms with Gasteiger partial charge in [-0.1, -0.05) is 4.49 Å². The van der Waals surface area contributed by atoms with Crippen LogP contribution in [0.3, 0.4) is 0 Å². The van der Waals surface area contributed by atoms with Crippen LogP contribution in [0.5, 0.6) is 0 Å². The molecule has 1 heterocycles. The van der Waals surface area contributed by atoms with Crippen LogP contribution in [-0.2, 0) is 4.84 Å². The number of rotatable bonds is 2. The summed E-state index contributed by atoms with van der Waals surface area (Å²) in [6.45, 7) is 1.72. The van der Waals surface area contributed by atoms with Gasteiger partial charge in [-0.05, 0) is 18.5 Å². The molecular weight excluding hydrogens is 166 g/mol. The Kier molecular flexibility index (Phi) is 2.50. The molecule has 0 radical (unpaired) electrons. The Morgan fingerprint density at radius 2 is 2.45 bits per heavy atom. The number of aromatic nitrogens is 2. The predicted octanol–water partition coefficient (Wildman–Crippen LogP) is 0.138. The van der Waals surface area contributed by atoms with E-state index < -0.39 is 0 Å². The first-order chi connectivity index (χ1) is 5.25. The maximum absolute atomic E-state index is 11.0. The molecule has 1 amide bonds. The fourth-order valence-electron chi connectivity index (χ4n) is 0.579. The van der Waals surface area contributed by atoms with Crippen LogP contribution < -0.4 is 5.48 Å². The third kappa shape index (κ3) is 1.72. The SMILES string of the molecule is CONC(=O)c1snnc1C. The topological polar surface area (TPSA) is 64.1 Å². The first kappa shape index (κ1) is 8.09. The third-order valence-corrected chi connectivity index (χ3v) is 1.88. The zero-order valence-electron chi connectivity index (χ0n) is 6.12. The van der Waals surface area contributed by atoms with Crippen LogP contribution in [0.25, 0.3) is 0 Å². The predicted molar refractivity (Wildman–Crippen MR) is 39.1 cm³/mol. The molecule has 1 rings (SSSR count). The van der Waals surface area contributed by atoms with E-state index in [1.54, 1.807) is 6.92 Å². The van der Waals surface area contributed by atoms with Gasteiger partial charge >= 0.3 is 0 Å². The minimum Gasteiger partial charge on any atom is -0.277 e. The van der Waals surface area contributed by atoms with E-state index >= 15 is 0 Å². The van der Waals surface area contributed by atoms with Crippen LogP contribution in [0.1, 0.15) is 15.4 Å². The Bertz CT molecular complexity index is 260. The van der Waals surface area contributed by atoms with Gasteiger partial charge in [-0.25, -0.2) is 5.48 Å². The second kappa shape index (κ2) is 3.40. The highest BCUT2D eigenvalue weighted by Gasteiger charge is 2.11. The molecule has 0 unspecified atom stereocenters. The Morgan fingerprint density at radius 3 is 2.91 bits per heavy atom. The Balaban J connectivity index is 2.76. The van der Waals surface area contributed by atoms with Crippen molar-refractivity contribution in [2.24, 2.45) is 0 Å². The quantitative estimate of drug-likeness (QED) is 0.646. The van der Waals surface area contributed by atoms with Gasteiger partial charge in [-0.3, -0.25) is 9.63 Å². The molecule has 0 spiro atoms. The normalized spacial score (nSPS) is 9.64. The van der Waals surface area contributed by atoms with Crippen molar-refractivity contribution >= 4 is 17.4 Å². The number of carbonyl (C=O) groups excluding carboxylic acids is 1. The van der Waals surface area contributed by atoms with Crippen LogP contribution >= 0.6 is 11.5 Å². The summed E-state index contributed by atoms with van der Waals surface area (Å²) in [5.74, 6) is -0.306. The van der Waals surface area contributed by atoms with Gasteiger partial charge in [0.15, 0.2) is 0 Å². The van der Waals surface area contributed by atoms with Gasteiger partial charge < -0.3 is 0 Å². The van der Waals surface area contributed by atoms with Gasteiger partial charge in [0.05, 0.1) is 12.8 Å². The smallest absolute Gasteiger partial charge is 0.277 e. The summed E-state index contributed by atoms with van der Waals surface area (Å²) < 4.78 is 3.60. The summed E-state index contributed by atoms with van der Waals surface area (Å²) in [6, 6.07) is 0. The number of aryl methyl sites for hydroxylation is 1. The summed E-state index contributed by atoms with van der Waals surface area (Å²) in [5.41, 5.74) is 2.80. The molecule has 60 valence electrons. The monoisotopic (exact) mass is 173 g/mol. The molecule has 0 aliphatic rings. The molecule has 0 saturated heterocycles. The van der Waals surface area contributed by atoms with Gasteiger partial charge in [0.1, 0.15) is 4.88 Å². The summed E-state index contributed by atoms with van der Waals surface area (Å²) in [4.78, 5) is 15.9. The van der Waals surface area contributed by atoms with Gasteiger partial charge in [0.25, 0.3) is 5.91 Å². The van der Waals surface area contributed by atoms with E-state index in [1.165, 1.54) is 7.11 Å². The van der Waals surface area contributed by atoms with Crippen molar-refractivity contribution in [2.45, 2.75) is 6.92 Å². The third-order valence-electron chi connectivity index (χ3n) is 1.05. The number of carbonyl (C=O) groups is 1. The summed E-state index contributed by atoms with van der Waals surface area (Å²) in [6.07, 6.45) is 0. The molecule has 1 N–H and O–H groups in total. The highest BCUT2D eigenvalue weighted by Crippen LogP contribution is 2.07. The van der Waals surface area contributed by atoms with Crippen LogP contribution in [0.4, 0.5) is 0 Å². The van der Waals surface area contributed by atoms with E-state index in [-0.39, 0.29) is 5.91 Å². The Morgan fingerprint density at radius 1 is 1.73 bits per heavy atom. The summed E-state index contributed by atoms with van der Waals surface area (Å²) >= 11 is 1.04. The zero-order valence-corrected chi connectivity index (χ0v) is 6.94. The molecular formula is C5H7N3O2S. The molecule has 0 bridgehead atoms. The highest BCUT2D eigenvalue weighted by molar-refractivity contribution is 7.07. The van der Waals surface area contributed by atoms with Crippen LogP contribution in [0.15, 0.2) is 0 Å². The van der Waals surface area contributed by atoms with Crippen molar-refractivity contribution < 1.29 is 9.63 Å². The van der Waals surface area contributed by atoms with Gasteiger partial charge in [0, 0.05) is 0 Å². The lowest BCUT2D eigenvalue weighted by Crippen LogP contribution is -2.21. The number of hydroxylamine groups is 1. The average Bonchev–Trinajstić information content (AvgIpc) is 2.36. The number of nitrogens with one attached hydrogen (secondary N) is 1. The number of hydrogen-bond donors (Lipinski definition) is 1. The lowest BCUT2D eigenvalue weighted by Gasteiger charge is -1.96. The van der Waals surface area contributed by atoms with Crippen LogP contribution in [-0.4, -0.2) is 22.6 Å². The molecule has 5 nitrogen and oxygen atoms in total. The second-order valence-electron chi connectivity index (χ2n) is 1.82. The maximum Gasteiger partial charge on any atom is 0.288 e. The summed E-state index contributed by atoms with van der Waals surface area (Å²) in [7, 11) is 1.38. The molecule has 11 heavy (non-hydrogen) atoms. The van der Waals surface area contributed by atoms with E-state index in [1.807, 2.05) is 0 Å². The van der Waals surface area contributed by atoms with Gasteiger partial charge in [0.2, 0.25) is 0 Å². The molecule has 0 saturated carbocycles. The minimum atomic E-state index is -0.306. The summed E-state index contributed by atoms with van der Waals surface area (Å²) in [5, 5.41) is 3.67. The van der Waals surface area contributed by atoms with Crippen LogP contribution in [0.2, 0.25) is 0 Å². The minimum absolute atomic E-state index is 0.306. The molecule has 0 aliphatic carbocycles. The Labute approximate surface area is 67.5 Å². The fourth-order valence-corrected chi connectivity index (χ4v) is 1.12. The molecule has 0 aromatic carbocycles. The van der Waals surface area contributed by atoms with E-state index in [9.17, 15) is 4.79 Å². The van der Waals surface area contributed by atoms with Crippen molar-refractivity contribution in [3.63, 3.8) is 0 Å². The molecule has 0 fully saturated rings. The first-order valence-electron chi connectivity index (χ1n) is 2.88. The van der Waals surface area contributed by atoms with Crippen LogP contribution in [0, 0.1) is 6.92 Å². The second-order valence-corrected chi connectivity index (χ2v) is 2.58. The largest absolute Gasteiger partial charge is 0.288 e. The standard InChI is InChI=1S/C5H7N3O2S/c1-3-4(11-8-6-3)5(9)7-10-2/h1-2H3,(H,7,9). The number of nitrogens with zero attached hydrogens (tertiary/aromatic N) is 2. The lowest BCUT2D eigenvalue weighted by molar-refractivity contribution is 0.0541. The number of amides is 1. The molecule has 6 heteroatoms. The van der Waals surface area contributed by atoms with E-state index in [2.05, 4.69) is 19.9 Å². The fraction of sp³-hybridized carbons (Fsp3) is 0.400. The van der Waals surface area contributed by atoms with E-state index in [4.69, 9.17) is 0 Å². The van der Waals surface area contributed by atoms with Crippen molar-refractivity contribution in [2.75, 3.05) is 7.11 Å². The lowest BCUT2D eigenvalue weighted by atomic mass is 10.4. The highest BCUT2D eigenvalue weighted by atomic mass is 32.1. The van der Waals surface area contributed by atoms with Crippen molar-refractivity contribution in [1.29, 1.82) is 0 Å². The number of hydrogen-bond acceptors (Lipinski definition) is 5. The average molecular weight is 173 g/mol. The molecule has 1 aromatic rings. The van der Waals surface area contributed by atoms with E-state index in [0.29, 0.717) is 10.6 Å².